The van der Waals surface area contributed by atoms with Gasteiger partial charge in [-0.1, -0.05) is 12.1 Å². The molecule has 0 atom stereocenters. The monoisotopic (exact) mass is 442 g/mol. The Bertz CT molecular complexity index is 1340. The molecule has 164 valence electrons. The first kappa shape index (κ1) is 21.2. The van der Waals surface area contributed by atoms with Crippen LogP contribution in [0.3, 0.4) is 0 Å². The highest BCUT2D eigenvalue weighted by Gasteiger charge is 2.21. The molecule has 0 unspecified atom stereocenters. The SMILES string of the molecule is COc1ccn2c(C(C)=O)cc(C(=O)Nc3cccc(-c4cnn(C(F)F)c4)c3F)c2c1. The van der Waals surface area contributed by atoms with Crippen LogP contribution in [0.15, 0.2) is 55.0 Å². The van der Waals surface area contributed by atoms with Crippen molar-refractivity contribution in [1.82, 2.24) is 14.2 Å². The van der Waals surface area contributed by atoms with Gasteiger partial charge in [-0.25, -0.2) is 9.07 Å². The number of pyridine rings is 1. The van der Waals surface area contributed by atoms with E-state index in [1.807, 2.05) is 0 Å². The summed E-state index contributed by atoms with van der Waals surface area (Å²) in [6.45, 7) is -1.48. The Morgan fingerprint density at radius 1 is 1.19 bits per heavy atom. The minimum absolute atomic E-state index is 0.00235. The van der Waals surface area contributed by atoms with Crippen molar-refractivity contribution in [2.24, 2.45) is 0 Å². The summed E-state index contributed by atoms with van der Waals surface area (Å²) in [4.78, 5) is 25.0. The number of anilines is 1. The number of carbonyl (C=O) groups is 2. The smallest absolute Gasteiger partial charge is 0.333 e. The van der Waals surface area contributed by atoms with Crippen molar-refractivity contribution in [1.29, 1.82) is 0 Å². The summed E-state index contributed by atoms with van der Waals surface area (Å²) >= 11 is 0. The van der Waals surface area contributed by atoms with Crippen molar-refractivity contribution in [2.45, 2.75) is 13.5 Å². The quantitative estimate of drug-likeness (QED) is 0.435. The first-order chi connectivity index (χ1) is 15.3. The zero-order chi connectivity index (χ0) is 23.0. The molecule has 0 saturated carbocycles. The van der Waals surface area contributed by atoms with Crippen LogP contribution in [0.5, 0.6) is 5.75 Å². The highest BCUT2D eigenvalue weighted by atomic mass is 19.3. The van der Waals surface area contributed by atoms with Crippen LogP contribution < -0.4 is 10.1 Å². The van der Waals surface area contributed by atoms with Crippen LogP contribution in [0.1, 0.15) is 34.3 Å². The van der Waals surface area contributed by atoms with Crippen LogP contribution in [0, 0.1) is 5.82 Å². The Morgan fingerprint density at radius 2 is 1.97 bits per heavy atom. The molecular formula is C22H17F3N4O3. The Morgan fingerprint density at radius 3 is 2.62 bits per heavy atom. The van der Waals surface area contributed by atoms with Crippen molar-refractivity contribution in [3.8, 4) is 16.9 Å². The average Bonchev–Trinajstić information content (AvgIpc) is 3.40. The van der Waals surface area contributed by atoms with Gasteiger partial charge < -0.3 is 14.5 Å². The summed E-state index contributed by atoms with van der Waals surface area (Å²) < 4.78 is 47.8. The molecule has 4 aromatic rings. The normalized spacial score (nSPS) is 11.2. The van der Waals surface area contributed by atoms with Crippen molar-refractivity contribution in [3.05, 3.63) is 72.1 Å². The molecule has 7 nitrogen and oxygen atoms in total. The number of alkyl halides is 2. The fourth-order valence-electron chi connectivity index (χ4n) is 3.38. The largest absolute Gasteiger partial charge is 0.497 e. The molecule has 0 spiro atoms. The summed E-state index contributed by atoms with van der Waals surface area (Å²) in [5.74, 6) is -1.23. The number of amides is 1. The van der Waals surface area contributed by atoms with Gasteiger partial charge in [0, 0.05) is 36.5 Å². The second-order valence-corrected chi connectivity index (χ2v) is 6.93. The molecule has 0 saturated heterocycles. The number of methoxy groups -OCH3 is 1. The van der Waals surface area contributed by atoms with Gasteiger partial charge in [-0.05, 0) is 18.2 Å². The van der Waals surface area contributed by atoms with Gasteiger partial charge in [0.2, 0.25) is 0 Å². The van der Waals surface area contributed by atoms with Crippen molar-refractivity contribution < 1.29 is 27.5 Å². The van der Waals surface area contributed by atoms with Gasteiger partial charge in [-0.3, -0.25) is 9.59 Å². The lowest BCUT2D eigenvalue weighted by Crippen LogP contribution is -2.13. The standard InChI is InChI=1S/C22H17F3N4O3/c1-12(30)18-9-16(19-8-14(32-2)6-7-28(18)19)21(31)27-17-5-3-4-15(20(17)23)13-10-26-29(11-13)22(24)25/h3-11,22H,1-2H3,(H,27,31). The predicted octanol–water partition coefficient (Wildman–Crippen LogP) is 4.80. The second kappa shape index (κ2) is 8.22. The highest BCUT2D eigenvalue weighted by molar-refractivity contribution is 6.11. The molecule has 3 heterocycles. The van der Waals surface area contributed by atoms with E-state index in [2.05, 4.69) is 10.4 Å². The van der Waals surface area contributed by atoms with E-state index >= 15 is 4.39 Å². The van der Waals surface area contributed by atoms with E-state index in [9.17, 15) is 18.4 Å². The van der Waals surface area contributed by atoms with Crippen molar-refractivity contribution >= 4 is 22.9 Å². The maximum Gasteiger partial charge on any atom is 0.333 e. The van der Waals surface area contributed by atoms with Crippen LogP contribution >= 0.6 is 0 Å². The van der Waals surface area contributed by atoms with Gasteiger partial charge in [-0.15, -0.1) is 0 Å². The number of carbonyl (C=O) groups excluding carboxylic acids is 2. The number of hydrogen-bond acceptors (Lipinski definition) is 4. The minimum atomic E-state index is -2.86. The van der Waals surface area contributed by atoms with Gasteiger partial charge in [0.15, 0.2) is 11.6 Å². The fourth-order valence-corrected chi connectivity index (χ4v) is 3.38. The van der Waals surface area contributed by atoms with E-state index in [0.717, 1.165) is 12.4 Å². The highest BCUT2D eigenvalue weighted by Crippen LogP contribution is 2.29. The van der Waals surface area contributed by atoms with Gasteiger partial charge in [0.05, 0.1) is 35.8 Å². The average molecular weight is 442 g/mol. The summed E-state index contributed by atoms with van der Waals surface area (Å²) in [7, 11) is 1.47. The molecule has 0 aliphatic rings. The summed E-state index contributed by atoms with van der Waals surface area (Å²) in [5, 5.41) is 6.00. The Hall–Kier alpha value is -4.08. The molecule has 4 rings (SSSR count). The van der Waals surface area contributed by atoms with E-state index in [0.29, 0.717) is 15.9 Å². The van der Waals surface area contributed by atoms with Gasteiger partial charge in [0.1, 0.15) is 5.75 Å². The molecule has 1 amide bonds. The minimum Gasteiger partial charge on any atom is -0.497 e. The third-order valence-corrected chi connectivity index (χ3v) is 4.94. The third-order valence-electron chi connectivity index (χ3n) is 4.94. The zero-order valence-electron chi connectivity index (χ0n) is 17.0. The van der Waals surface area contributed by atoms with E-state index in [1.165, 1.54) is 38.3 Å². The second-order valence-electron chi connectivity index (χ2n) is 6.93. The molecular weight excluding hydrogens is 425 g/mol. The third kappa shape index (κ3) is 3.70. The van der Waals surface area contributed by atoms with Crippen LogP contribution in [0.2, 0.25) is 0 Å². The number of halogens is 3. The molecule has 3 aromatic heterocycles. The maximum atomic E-state index is 15.1. The van der Waals surface area contributed by atoms with E-state index < -0.39 is 18.3 Å². The van der Waals surface area contributed by atoms with Crippen LogP contribution in [0.25, 0.3) is 16.6 Å². The van der Waals surface area contributed by atoms with Crippen molar-refractivity contribution in [2.75, 3.05) is 12.4 Å². The number of ether oxygens (including phenoxy) is 1. The van der Waals surface area contributed by atoms with Crippen LogP contribution in [-0.4, -0.2) is 33.0 Å². The summed E-state index contributed by atoms with van der Waals surface area (Å²) in [6, 6.07) is 8.87. The summed E-state index contributed by atoms with van der Waals surface area (Å²) in [5.41, 5.74) is 0.816. The molecule has 10 heteroatoms. The van der Waals surface area contributed by atoms with E-state index in [4.69, 9.17) is 4.74 Å². The van der Waals surface area contributed by atoms with E-state index in [1.54, 1.807) is 22.7 Å². The number of benzene rings is 1. The molecule has 0 aliphatic heterocycles. The predicted molar refractivity (Wildman–Crippen MR) is 111 cm³/mol. The number of nitrogens with one attached hydrogen (secondary N) is 1. The number of fused-ring (bicyclic) bond motifs is 1. The molecule has 1 N–H and O–H groups in total. The molecule has 0 radical (unpaired) electrons. The number of ketones is 1. The number of aromatic nitrogens is 3. The van der Waals surface area contributed by atoms with Crippen molar-refractivity contribution in [3.63, 3.8) is 0 Å². The topological polar surface area (TPSA) is 77.6 Å². The molecule has 0 bridgehead atoms. The van der Waals surface area contributed by atoms with Gasteiger partial charge in [-0.2, -0.15) is 13.9 Å². The number of rotatable bonds is 6. The molecule has 0 fully saturated rings. The fraction of sp³-hybridized carbons (Fsp3) is 0.136. The Balaban J connectivity index is 1.72. The lowest BCUT2D eigenvalue weighted by Gasteiger charge is -2.09. The van der Waals surface area contributed by atoms with Crippen LogP contribution in [-0.2, 0) is 0 Å². The molecule has 32 heavy (non-hydrogen) atoms. The number of Topliss-reactive ketones (excluding diaryl/α,β-unsaturated/α-hetero) is 1. The first-order valence-electron chi connectivity index (χ1n) is 9.42. The van der Waals surface area contributed by atoms with Gasteiger partial charge in [0.25, 0.3) is 5.91 Å². The summed E-state index contributed by atoms with van der Waals surface area (Å²) in [6.07, 6.45) is 3.73. The Labute approximate surface area is 180 Å². The first-order valence-corrected chi connectivity index (χ1v) is 9.42. The lowest BCUT2D eigenvalue weighted by molar-refractivity contribution is 0.0566. The number of hydrogen-bond donors (Lipinski definition) is 1. The number of nitrogens with zero attached hydrogens (tertiary/aromatic N) is 3. The molecule has 0 aliphatic carbocycles. The zero-order valence-corrected chi connectivity index (χ0v) is 17.0. The lowest BCUT2D eigenvalue weighted by atomic mass is 10.1. The van der Waals surface area contributed by atoms with Gasteiger partial charge >= 0.3 is 6.55 Å². The molecule has 1 aromatic carbocycles. The van der Waals surface area contributed by atoms with Crippen LogP contribution in [0.4, 0.5) is 18.9 Å². The maximum absolute atomic E-state index is 15.1. The Kier molecular flexibility index (Phi) is 5.43. The van der Waals surface area contributed by atoms with E-state index in [-0.39, 0.29) is 33.9 Å².